The fourth-order valence-electron chi connectivity index (χ4n) is 5.98. The summed E-state index contributed by atoms with van der Waals surface area (Å²) in [5, 5.41) is 37.7. The van der Waals surface area contributed by atoms with Gasteiger partial charge in [0.2, 0.25) is 0 Å². The molecule has 182 valence electrons. The monoisotopic (exact) mass is 480 g/mol. The van der Waals surface area contributed by atoms with Gasteiger partial charge in [0.1, 0.15) is 17.2 Å². The van der Waals surface area contributed by atoms with Crippen LogP contribution < -0.4 is 0 Å². The van der Waals surface area contributed by atoms with E-state index in [2.05, 4.69) is 5.10 Å². The molecule has 2 fully saturated rings. The van der Waals surface area contributed by atoms with Crippen molar-refractivity contribution in [3.05, 3.63) is 106 Å². The van der Waals surface area contributed by atoms with Gasteiger partial charge in [-0.3, -0.25) is 9.89 Å². The largest absolute Gasteiger partial charge is 0.508 e. The molecule has 2 aliphatic rings. The molecule has 1 aromatic heterocycles. The van der Waals surface area contributed by atoms with Crippen molar-refractivity contribution in [3.8, 4) is 17.2 Å². The van der Waals surface area contributed by atoms with Crippen LogP contribution in [0.15, 0.2) is 72.8 Å². The first-order valence-corrected chi connectivity index (χ1v) is 12.5. The second kappa shape index (κ2) is 8.26. The molecule has 0 radical (unpaired) electrons. The van der Waals surface area contributed by atoms with Gasteiger partial charge >= 0.3 is 0 Å². The van der Waals surface area contributed by atoms with Gasteiger partial charge in [-0.05, 0) is 85.3 Å². The van der Waals surface area contributed by atoms with Crippen molar-refractivity contribution in [2.45, 2.75) is 49.4 Å². The Morgan fingerprint density at radius 2 is 1.11 bits per heavy atom. The number of aromatic amines is 1. The van der Waals surface area contributed by atoms with Crippen molar-refractivity contribution in [2.75, 3.05) is 0 Å². The van der Waals surface area contributed by atoms with Gasteiger partial charge in [-0.2, -0.15) is 5.10 Å². The molecule has 2 aliphatic carbocycles. The predicted molar refractivity (Wildman–Crippen MR) is 136 cm³/mol. The third-order valence-corrected chi connectivity index (χ3v) is 8.31. The van der Waals surface area contributed by atoms with Crippen molar-refractivity contribution in [1.29, 1.82) is 0 Å². The molecule has 0 unspecified atom stereocenters. The van der Waals surface area contributed by atoms with E-state index in [1.807, 2.05) is 24.3 Å². The number of carbonyl (C=O) groups is 1. The number of nitrogens with zero attached hydrogens (tertiary/aromatic N) is 1. The summed E-state index contributed by atoms with van der Waals surface area (Å²) in [5.74, 6) is 0.402. The van der Waals surface area contributed by atoms with Crippen LogP contribution in [0.1, 0.15) is 77.0 Å². The number of nitrogens with one attached hydrogen (secondary N) is 1. The van der Waals surface area contributed by atoms with Crippen LogP contribution in [0.4, 0.5) is 0 Å². The first-order valence-electron chi connectivity index (χ1n) is 12.5. The maximum absolute atomic E-state index is 14.2. The first-order chi connectivity index (χ1) is 17.4. The molecule has 0 spiro atoms. The average Bonchev–Trinajstić information content (AvgIpc) is 3.25. The van der Waals surface area contributed by atoms with E-state index < -0.39 is 5.41 Å². The maximum Gasteiger partial charge on any atom is 0.196 e. The Bertz CT molecular complexity index is 1330. The lowest BCUT2D eigenvalue weighted by atomic mass is 9.58. The summed E-state index contributed by atoms with van der Waals surface area (Å²) in [5.41, 5.74) is 3.95. The zero-order valence-electron chi connectivity index (χ0n) is 19.9. The highest BCUT2D eigenvalue weighted by Gasteiger charge is 2.50. The molecule has 6 rings (SSSR count). The minimum atomic E-state index is -0.412. The Morgan fingerprint density at radius 1 is 0.667 bits per heavy atom. The number of aromatic nitrogens is 2. The molecule has 2 saturated carbocycles. The number of hydrogen-bond acceptors (Lipinski definition) is 5. The first kappa shape index (κ1) is 22.4. The number of rotatable bonds is 6. The smallest absolute Gasteiger partial charge is 0.196 e. The molecule has 4 N–H and O–H groups in total. The molecule has 0 bridgehead atoms. The topological polar surface area (TPSA) is 106 Å². The van der Waals surface area contributed by atoms with Crippen LogP contribution in [0, 0.1) is 0 Å². The van der Waals surface area contributed by atoms with Crippen molar-refractivity contribution in [1.82, 2.24) is 10.2 Å². The number of hydrogen-bond donors (Lipinski definition) is 4. The second-order valence-electron chi connectivity index (χ2n) is 10.2. The van der Waals surface area contributed by atoms with Gasteiger partial charge < -0.3 is 15.3 Å². The SMILES string of the molecule is O=C(c1ccc(O)cc1)c1c(C2(c3ccc(O)cc3)CCC2)n[nH]c1C1(c2ccc(O)cc2)CCC1. The van der Waals surface area contributed by atoms with Crippen molar-refractivity contribution in [3.63, 3.8) is 0 Å². The van der Waals surface area contributed by atoms with E-state index in [9.17, 15) is 20.1 Å². The van der Waals surface area contributed by atoms with Gasteiger partial charge in [-0.25, -0.2) is 0 Å². The van der Waals surface area contributed by atoms with Crippen molar-refractivity contribution in [2.24, 2.45) is 0 Å². The highest BCUT2D eigenvalue weighted by molar-refractivity contribution is 6.11. The third kappa shape index (κ3) is 3.32. The van der Waals surface area contributed by atoms with E-state index in [1.165, 1.54) is 12.1 Å². The Balaban J connectivity index is 1.56. The Morgan fingerprint density at radius 3 is 1.56 bits per heavy atom. The van der Waals surface area contributed by atoms with E-state index in [4.69, 9.17) is 5.10 Å². The van der Waals surface area contributed by atoms with Crippen LogP contribution in [0.2, 0.25) is 0 Å². The lowest BCUT2D eigenvalue weighted by Crippen LogP contribution is -2.39. The normalized spacial score (nSPS) is 17.7. The molecule has 36 heavy (non-hydrogen) atoms. The average molecular weight is 481 g/mol. The quantitative estimate of drug-likeness (QED) is 0.265. The number of ketones is 1. The minimum absolute atomic E-state index is 0.110. The van der Waals surface area contributed by atoms with Crippen LogP contribution in [0.5, 0.6) is 17.2 Å². The summed E-state index contributed by atoms with van der Waals surface area (Å²) in [6.45, 7) is 0. The van der Waals surface area contributed by atoms with E-state index in [0.717, 1.165) is 61.0 Å². The van der Waals surface area contributed by atoms with E-state index in [0.29, 0.717) is 11.1 Å². The molecule has 3 aromatic carbocycles. The van der Waals surface area contributed by atoms with Crippen molar-refractivity contribution < 1.29 is 20.1 Å². The van der Waals surface area contributed by atoms with Crippen LogP contribution in [-0.4, -0.2) is 31.3 Å². The maximum atomic E-state index is 14.2. The van der Waals surface area contributed by atoms with Crippen LogP contribution in [0.3, 0.4) is 0 Å². The number of carbonyl (C=O) groups excluding carboxylic acids is 1. The van der Waals surface area contributed by atoms with Gasteiger partial charge in [0.05, 0.1) is 17.0 Å². The predicted octanol–water partition coefficient (Wildman–Crippen LogP) is 5.70. The van der Waals surface area contributed by atoms with Crippen molar-refractivity contribution >= 4 is 5.78 Å². The number of benzene rings is 3. The summed E-state index contributed by atoms with van der Waals surface area (Å²) < 4.78 is 0. The van der Waals surface area contributed by atoms with E-state index in [1.54, 1.807) is 36.4 Å². The van der Waals surface area contributed by atoms with Crippen LogP contribution in [-0.2, 0) is 10.8 Å². The summed E-state index contributed by atoms with van der Waals surface area (Å²) in [6, 6.07) is 20.9. The lowest BCUT2D eigenvalue weighted by Gasteiger charge is -2.44. The van der Waals surface area contributed by atoms with Gasteiger partial charge in [-0.1, -0.05) is 37.1 Å². The summed E-state index contributed by atoms with van der Waals surface area (Å²) in [4.78, 5) is 14.2. The zero-order chi connectivity index (χ0) is 24.9. The van der Waals surface area contributed by atoms with Gasteiger partial charge in [-0.15, -0.1) is 0 Å². The summed E-state index contributed by atoms with van der Waals surface area (Å²) >= 11 is 0. The highest BCUT2D eigenvalue weighted by Crippen LogP contribution is 2.54. The Kier molecular flexibility index (Phi) is 5.14. The van der Waals surface area contributed by atoms with Crippen LogP contribution in [0.25, 0.3) is 0 Å². The fraction of sp³-hybridized carbons (Fsp3) is 0.267. The number of H-pyrrole nitrogens is 1. The molecule has 1 heterocycles. The lowest BCUT2D eigenvalue weighted by molar-refractivity contribution is 0.103. The standard InChI is InChI=1S/C30H28N2O4/c33-22-9-3-19(4-10-22)26(36)25-27(29(15-1-16-29)20-5-11-23(34)12-6-20)31-32-28(25)30(17-2-18-30)21-7-13-24(35)14-8-21/h3-14,33-35H,1-2,15-18H2,(H,31,32). The molecule has 6 nitrogen and oxygen atoms in total. The van der Waals surface area contributed by atoms with Gasteiger partial charge in [0, 0.05) is 16.4 Å². The van der Waals surface area contributed by atoms with E-state index in [-0.39, 0.29) is 28.4 Å². The molecule has 0 saturated heterocycles. The minimum Gasteiger partial charge on any atom is -0.508 e. The van der Waals surface area contributed by atoms with Gasteiger partial charge in [0.15, 0.2) is 5.78 Å². The highest BCUT2D eigenvalue weighted by atomic mass is 16.3. The van der Waals surface area contributed by atoms with Gasteiger partial charge in [0.25, 0.3) is 0 Å². The Labute approximate surface area is 209 Å². The molecular weight excluding hydrogens is 452 g/mol. The van der Waals surface area contributed by atoms with Crippen LogP contribution >= 0.6 is 0 Å². The molecule has 4 aromatic rings. The number of phenols is 3. The summed E-state index contributed by atoms with van der Waals surface area (Å²) in [7, 11) is 0. The zero-order valence-corrected chi connectivity index (χ0v) is 19.9. The second-order valence-corrected chi connectivity index (χ2v) is 10.2. The molecule has 0 atom stereocenters. The molecule has 0 amide bonds. The molecule has 6 heteroatoms. The molecular formula is C30H28N2O4. The summed E-state index contributed by atoms with van der Waals surface area (Å²) in [6.07, 6.45) is 5.54. The number of aromatic hydroxyl groups is 3. The van der Waals surface area contributed by atoms with E-state index >= 15 is 0 Å². The number of phenolic OH excluding ortho intramolecular Hbond substituents is 3. The molecule has 0 aliphatic heterocycles. The fourth-order valence-corrected chi connectivity index (χ4v) is 5.98. The third-order valence-electron chi connectivity index (χ3n) is 8.31. The Hall–Kier alpha value is -4.06.